The van der Waals surface area contributed by atoms with Gasteiger partial charge in [0.25, 0.3) is 0 Å². The van der Waals surface area contributed by atoms with E-state index < -0.39 is 0 Å². The molecule has 5 heteroatoms. The van der Waals surface area contributed by atoms with Crippen molar-refractivity contribution < 1.29 is 9.52 Å². The second kappa shape index (κ2) is 6.87. The number of likely N-dealkylation sites (tertiary alicyclic amines) is 1. The first-order chi connectivity index (χ1) is 11.1. The third kappa shape index (κ3) is 3.74. The van der Waals surface area contributed by atoms with Crippen LogP contribution in [0, 0.1) is 0 Å². The molecular weight excluding hydrogens is 292 g/mol. The third-order valence-corrected chi connectivity index (χ3v) is 4.41. The number of nitrogens with zero attached hydrogens (tertiary/aromatic N) is 2. The Balaban J connectivity index is 1.65. The molecule has 1 fully saturated rings. The Bertz CT molecular complexity index is 699. The van der Waals surface area contributed by atoms with E-state index >= 15 is 0 Å². The molecule has 1 aliphatic rings. The van der Waals surface area contributed by atoms with Crippen molar-refractivity contribution in [2.45, 2.75) is 25.4 Å². The molecule has 0 amide bonds. The number of benzene rings is 1. The van der Waals surface area contributed by atoms with Crippen LogP contribution in [0.4, 0.5) is 5.69 Å². The van der Waals surface area contributed by atoms with Crippen molar-refractivity contribution >= 4 is 5.69 Å². The minimum absolute atomic E-state index is 0.337. The van der Waals surface area contributed by atoms with Crippen molar-refractivity contribution in [2.75, 3.05) is 25.0 Å². The van der Waals surface area contributed by atoms with Gasteiger partial charge in [-0.05, 0) is 31.5 Å². The van der Waals surface area contributed by atoms with Crippen molar-refractivity contribution in [1.29, 1.82) is 0 Å². The van der Waals surface area contributed by atoms with Crippen LogP contribution in [0.25, 0.3) is 0 Å². The molecule has 5 nitrogen and oxygen atoms in total. The third-order valence-electron chi connectivity index (χ3n) is 4.41. The van der Waals surface area contributed by atoms with Gasteiger partial charge in [0.15, 0.2) is 5.75 Å². The maximum Gasteiger partial charge on any atom is 0.226 e. The van der Waals surface area contributed by atoms with Crippen LogP contribution in [-0.2, 0) is 6.54 Å². The summed E-state index contributed by atoms with van der Waals surface area (Å²) in [7, 11) is 2.10. The first kappa shape index (κ1) is 15.6. The fourth-order valence-corrected chi connectivity index (χ4v) is 3.14. The predicted molar refractivity (Wildman–Crippen MR) is 89.8 cm³/mol. The number of likely N-dealkylation sites (N-methyl/N-ethyl adjacent to an activating group) is 1. The van der Waals surface area contributed by atoms with E-state index in [9.17, 15) is 9.90 Å². The van der Waals surface area contributed by atoms with Crippen LogP contribution < -0.4 is 10.3 Å². The molecule has 1 saturated heterocycles. The molecule has 1 atom stereocenters. The lowest BCUT2D eigenvalue weighted by molar-refractivity contribution is 0.225. The Labute approximate surface area is 135 Å². The first-order valence-corrected chi connectivity index (χ1v) is 7.94. The molecule has 2 aromatic rings. The normalized spacial score (nSPS) is 18.2. The summed E-state index contributed by atoms with van der Waals surface area (Å²) in [5.41, 5.74) is 0.818. The fraction of sp³-hybridized carbons (Fsp3) is 0.389. The first-order valence-electron chi connectivity index (χ1n) is 7.94. The lowest BCUT2D eigenvalue weighted by Crippen LogP contribution is -2.38. The predicted octanol–water partition coefficient (Wildman–Crippen LogP) is 2.45. The highest BCUT2D eigenvalue weighted by Crippen LogP contribution is 2.22. The summed E-state index contributed by atoms with van der Waals surface area (Å²) in [5.74, 6) is 0.262. The van der Waals surface area contributed by atoms with Crippen LogP contribution in [-0.4, -0.2) is 36.2 Å². The maximum atomic E-state index is 11.5. The van der Waals surface area contributed by atoms with Crippen LogP contribution >= 0.6 is 0 Å². The molecular formula is C18H22N2O3. The van der Waals surface area contributed by atoms with Crippen LogP contribution in [0.2, 0.25) is 0 Å². The Morgan fingerprint density at radius 2 is 2.13 bits per heavy atom. The Morgan fingerprint density at radius 3 is 2.87 bits per heavy atom. The van der Waals surface area contributed by atoms with Gasteiger partial charge in [0.2, 0.25) is 5.43 Å². The van der Waals surface area contributed by atoms with E-state index in [1.54, 1.807) is 0 Å². The van der Waals surface area contributed by atoms with Crippen molar-refractivity contribution in [2.24, 2.45) is 0 Å². The Morgan fingerprint density at radius 1 is 1.35 bits per heavy atom. The molecule has 1 aromatic heterocycles. The molecule has 1 aliphatic heterocycles. The zero-order valence-corrected chi connectivity index (χ0v) is 13.3. The number of hydrogen-bond acceptors (Lipinski definition) is 5. The molecule has 122 valence electrons. The molecule has 0 aliphatic carbocycles. The highest BCUT2D eigenvalue weighted by atomic mass is 16.4. The van der Waals surface area contributed by atoms with Gasteiger partial charge < -0.3 is 14.4 Å². The molecule has 3 rings (SSSR count). The van der Waals surface area contributed by atoms with Crippen LogP contribution in [0.3, 0.4) is 0 Å². The average Bonchev–Trinajstić information content (AvgIpc) is 2.98. The average molecular weight is 314 g/mol. The Hall–Kier alpha value is -2.27. The molecule has 23 heavy (non-hydrogen) atoms. The highest BCUT2D eigenvalue weighted by Gasteiger charge is 2.26. The van der Waals surface area contributed by atoms with Crippen LogP contribution in [0.15, 0.2) is 51.9 Å². The van der Waals surface area contributed by atoms with Gasteiger partial charge in [-0.15, -0.1) is 0 Å². The van der Waals surface area contributed by atoms with Gasteiger partial charge in [-0.25, -0.2) is 0 Å². The molecule has 0 saturated carbocycles. The molecule has 0 bridgehead atoms. The zero-order chi connectivity index (χ0) is 16.2. The summed E-state index contributed by atoms with van der Waals surface area (Å²) < 4.78 is 5.33. The van der Waals surface area contributed by atoms with Crippen LogP contribution in [0.5, 0.6) is 5.75 Å². The van der Waals surface area contributed by atoms with Gasteiger partial charge in [0, 0.05) is 31.4 Å². The van der Waals surface area contributed by atoms with Gasteiger partial charge in [-0.3, -0.25) is 9.69 Å². The van der Waals surface area contributed by atoms with Gasteiger partial charge >= 0.3 is 0 Å². The minimum atomic E-state index is -0.386. The van der Waals surface area contributed by atoms with E-state index in [0.717, 1.165) is 32.2 Å². The summed E-state index contributed by atoms with van der Waals surface area (Å²) in [4.78, 5) is 16.1. The Kier molecular flexibility index (Phi) is 4.67. The number of anilines is 1. The monoisotopic (exact) mass is 314 g/mol. The van der Waals surface area contributed by atoms with Gasteiger partial charge in [-0.2, -0.15) is 0 Å². The number of rotatable bonds is 5. The fourth-order valence-electron chi connectivity index (χ4n) is 3.14. The largest absolute Gasteiger partial charge is 0.502 e. The lowest BCUT2D eigenvalue weighted by Gasteiger charge is -2.29. The van der Waals surface area contributed by atoms with Gasteiger partial charge in [0.05, 0.1) is 6.54 Å². The molecule has 1 aromatic carbocycles. The van der Waals surface area contributed by atoms with Crippen LogP contribution in [0.1, 0.15) is 18.6 Å². The minimum Gasteiger partial charge on any atom is -0.502 e. The lowest BCUT2D eigenvalue weighted by atomic mass is 10.2. The zero-order valence-electron chi connectivity index (χ0n) is 13.3. The quantitative estimate of drug-likeness (QED) is 0.918. The number of para-hydroxylation sites is 1. The van der Waals surface area contributed by atoms with Crippen molar-refractivity contribution in [3.8, 4) is 5.75 Å². The van der Waals surface area contributed by atoms with E-state index in [2.05, 4.69) is 29.0 Å². The van der Waals surface area contributed by atoms with Crippen molar-refractivity contribution in [3.05, 3.63) is 58.6 Å². The van der Waals surface area contributed by atoms with E-state index in [4.69, 9.17) is 4.42 Å². The summed E-state index contributed by atoms with van der Waals surface area (Å²) >= 11 is 0. The highest BCUT2D eigenvalue weighted by molar-refractivity contribution is 5.45. The topological polar surface area (TPSA) is 56.9 Å². The summed E-state index contributed by atoms with van der Waals surface area (Å²) in [6.45, 7) is 2.53. The van der Waals surface area contributed by atoms with E-state index in [0.29, 0.717) is 18.3 Å². The van der Waals surface area contributed by atoms with Gasteiger partial charge in [0.1, 0.15) is 12.0 Å². The SMILES string of the molecule is CN(C[C@H]1CCCN1Cc1cc(=O)c(O)co1)c1ccccc1. The summed E-state index contributed by atoms with van der Waals surface area (Å²) in [6, 6.07) is 12.1. The molecule has 2 heterocycles. The smallest absolute Gasteiger partial charge is 0.226 e. The molecule has 0 unspecified atom stereocenters. The summed E-state index contributed by atoms with van der Waals surface area (Å²) in [6.07, 6.45) is 3.41. The second-order valence-corrected chi connectivity index (χ2v) is 6.08. The standard InChI is InChI=1S/C18H22N2O3/c1-19(14-6-3-2-4-7-14)11-15-8-5-9-20(15)12-16-10-17(21)18(22)13-23-16/h2-4,6-7,10,13,15,22H,5,8-9,11-12H2,1H3/t15-/m1/s1. The van der Waals surface area contributed by atoms with E-state index in [1.807, 2.05) is 18.2 Å². The van der Waals surface area contributed by atoms with E-state index in [-0.39, 0.29) is 11.2 Å². The maximum absolute atomic E-state index is 11.5. The van der Waals surface area contributed by atoms with Crippen molar-refractivity contribution in [1.82, 2.24) is 4.90 Å². The van der Waals surface area contributed by atoms with Crippen molar-refractivity contribution in [3.63, 3.8) is 0 Å². The molecule has 1 N–H and O–H groups in total. The summed E-state index contributed by atoms with van der Waals surface area (Å²) in [5, 5.41) is 9.28. The number of hydrogen-bond donors (Lipinski definition) is 1. The van der Waals surface area contributed by atoms with Gasteiger partial charge in [-0.1, -0.05) is 18.2 Å². The molecule has 0 spiro atoms. The van der Waals surface area contributed by atoms with E-state index in [1.165, 1.54) is 11.8 Å². The number of aromatic hydroxyl groups is 1. The molecule has 0 radical (unpaired) electrons. The second-order valence-electron chi connectivity index (χ2n) is 6.08.